The van der Waals surface area contributed by atoms with Crippen LogP contribution in [0, 0.1) is 6.92 Å². The molecule has 0 bridgehead atoms. The Hall–Kier alpha value is -2.51. The summed E-state index contributed by atoms with van der Waals surface area (Å²) in [5.41, 5.74) is 0.440. The first-order valence-electron chi connectivity index (χ1n) is 6.80. The van der Waals surface area contributed by atoms with Gasteiger partial charge in [-0.3, -0.25) is 14.2 Å². The second-order valence-corrected chi connectivity index (χ2v) is 5.13. The Kier molecular flexibility index (Phi) is 3.51. The van der Waals surface area contributed by atoms with E-state index in [4.69, 9.17) is 0 Å². The maximum atomic E-state index is 12.3. The lowest BCUT2D eigenvalue weighted by molar-refractivity contribution is -0.131. The minimum absolute atomic E-state index is 0.0192. The van der Waals surface area contributed by atoms with E-state index in [2.05, 4.69) is 15.2 Å². The van der Waals surface area contributed by atoms with Gasteiger partial charge in [-0.15, -0.1) is 0 Å². The standard InChI is InChI=1S/C13H16N6O2/c1-10-6-12(20)18(9-14-10)8-13(21)17-5-2-11(7-17)19-15-3-4-16-19/h3-4,6,9,11H,2,5,7-8H2,1H3/t11-/m1/s1. The minimum Gasteiger partial charge on any atom is -0.339 e. The molecule has 8 heteroatoms. The predicted octanol–water partition coefficient (Wildman–Crippen LogP) is -0.383. The third-order valence-electron chi connectivity index (χ3n) is 3.60. The molecule has 1 aliphatic heterocycles. The van der Waals surface area contributed by atoms with Gasteiger partial charge in [-0.2, -0.15) is 15.0 Å². The normalized spacial score (nSPS) is 18.1. The number of aryl methyl sites for hydroxylation is 1. The van der Waals surface area contributed by atoms with E-state index in [0.717, 1.165) is 6.42 Å². The monoisotopic (exact) mass is 288 g/mol. The van der Waals surface area contributed by atoms with Gasteiger partial charge in [-0.25, -0.2) is 4.98 Å². The Morgan fingerprint density at radius 1 is 1.38 bits per heavy atom. The number of aromatic nitrogens is 5. The first kappa shape index (κ1) is 13.5. The molecule has 2 aromatic rings. The molecule has 1 atom stereocenters. The molecule has 0 spiro atoms. The fraction of sp³-hybridized carbons (Fsp3) is 0.462. The zero-order valence-corrected chi connectivity index (χ0v) is 11.7. The molecule has 1 fully saturated rings. The summed E-state index contributed by atoms with van der Waals surface area (Å²) < 4.78 is 1.33. The van der Waals surface area contributed by atoms with Gasteiger partial charge in [-0.05, 0) is 13.3 Å². The second-order valence-electron chi connectivity index (χ2n) is 5.13. The third-order valence-corrected chi connectivity index (χ3v) is 3.60. The molecule has 0 aromatic carbocycles. The van der Waals surface area contributed by atoms with Gasteiger partial charge in [-0.1, -0.05) is 0 Å². The lowest BCUT2D eigenvalue weighted by Crippen LogP contribution is -2.35. The van der Waals surface area contributed by atoms with Crippen molar-refractivity contribution in [2.45, 2.75) is 25.9 Å². The predicted molar refractivity (Wildman–Crippen MR) is 73.5 cm³/mol. The maximum absolute atomic E-state index is 12.3. The van der Waals surface area contributed by atoms with Crippen LogP contribution in [0.4, 0.5) is 0 Å². The van der Waals surface area contributed by atoms with E-state index < -0.39 is 0 Å². The van der Waals surface area contributed by atoms with Gasteiger partial charge in [0.25, 0.3) is 5.56 Å². The molecular formula is C13H16N6O2. The highest BCUT2D eigenvalue weighted by Crippen LogP contribution is 2.19. The second kappa shape index (κ2) is 5.47. The molecule has 1 aliphatic rings. The van der Waals surface area contributed by atoms with Crippen LogP contribution < -0.4 is 5.56 Å². The van der Waals surface area contributed by atoms with Crippen molar-refractivity contribution >= 4 is 5.91 Å². The first-order chi connectivity index (χ1) is 10.1. The zero-order valence-electron chi connectivity index (χ0n) is 11.7. The smallest absolute Gasteiger partial charge is 0.253 e. The number of amides is 1. The van der Waals surface area contributed by atoms with Crippen molar-refractivity contribution in [2.24, 2.45) is 0 Å². The summed E-state index contributed by atoms with van der Waals surface area (Å²) in [7, 11) is 0. The van der Waals surface area contributed by atoms with Crippen LogP contribution in [0.15, 0.2) is 29.6 Å². The van der Waals surface area contributed by atoms with Gasteiger partial charge in [0.15, 0.2) is 0 Å². The lowest BCUT2D eigenvalue weighted by Gasteiger charge is -2.16. The molecule has 2 aromatic heterocycles. The van der Waals surface area contributed by atoms with Crippen molar-refractivity contribution in [1.82, 2.24) is 29.4 Å². The number of hydrogen-bond acceptors (Lipinski definition) is 5. The zero-order chi connectivity index (χ0) is 14.8. The number of hydrogen-bond donors (Lipinski definition) is 0. The number of rotatable bonds is 3. The van der Waals surface area contributed by atoms with Crippen LogP contribution in [0.3, 0.4) is 0 Å². The summed E-state index contributed by atoms with van der Waals surface area (Å²) in [5.74, 6) is -0.0857. The van der Waals surface area contributed by atoms with Crippen LogP contribution in [-0.4, -0.2) is 48.4 Å². The van der Waals surface area contributed by atoms with Crippen LogP contribution >= 0.6 is 0 Å². The summed E-state index contributed by atoms with van der Waals surface area (Å²) in [6, 6.07) is 1.53. The highest BCUT2D eigenvalue weighted by Gasteiger charge is 2.28. The van der Waals surface area contributed by atoms with Crippen LogP contribution in [0.1, 0.15) is 18.2 Å². The van der Waals surface area contributed by atoms with Crippen LogP contribution in [0.2, 0.25) is 0 Å². The van der Waals surface area contributed by atoms with Crippen molar-refractivity contribution in [1.29, 1.82) is 0 Å². The Balaban J connectivity index is 1.65. The van der Waals surface area contributed by atoms with Crippen molar-refractivity contribution < 1.29 is 4.79 Å². The van der Waals surface area contributed by atoms with Gasteiger partial charge >= 0.3 is 0 Å². The largest absolute Gasteiger partial charge is 0.339 e. The topological polar surface area (TPSA) is 85.9 Å². The Morgan fingerprint density at radius 2 is 2.14 bits per heavy atom. The molecule has 0 N–H and O–H groups in total. The molecule has 0 radical (unpaired) electrons. The van der Waals surface area contributed by atoms with Crippen molar-refractivity contribution in [3.8, 4) is 0 Å². The SMILES string of the molecule is Cc1cc(=O)n(CC(=O)N2CC[C@@H](n3nccn3)C2)cn1. The quantitative estimate of drug-likeness (QED) is 0.768. The minimum atomic E-state index is -0.208. The van der Waals surface area contributed by atoms with Crippen molar-refractivity contribution in [3.05, 3.63) is 40.8 Å². The highest BCUT2D eigenvalue weighted by molar-refractivity contribution is 5.76. The molecule has 1 saturated heterocycles. The number of carbonyl (C=O) groups excluding carboxylic acids is 1. The van der Waals surface area contributed by atoms with E-state index in [1.165, 1.54) is 17.0 Å². The molecular weight excluding hydrogens is 272 g/mol. The van der Waals surface area contributed by atoms with Crippen LogP contribution in [0.5, 0.6) is 0 Å². The van der Waals surface area contributed by atoms with E-state index in [0.29, 0.717) is 18.8 Å². The number of nitrogens with zero attached hydrogens (tertiary/aromatic N) is 6. The first-order valence-corrected chi connectivity index (χ1v) is 6.80. The molecule has 0 aliphatic carbocycles. The molecule has 3 rings (SSSR count). The van der Waals surface area contributed by atoms with Gasteiger partial charge in [0, 0.05) is 24.8 Å². The Labute approximate surface area is 121 Å². The summed E-state index contributed by atoms with van der Waals surface area (Å²) in [4.78, 5) is 31.4. The molecule has 21 heavy (non-hydrogen) atoms. The summed E-state index contributed by atoms with van der Waals surface area (Å²) in [5, 5.41) is 8.20. The summed E-state index contributed by atoms with van der Waals surface area (Å²) in [6.07, 6.45) is 5.49. The third kappa shape index (κ3) is 2.83. The summed E-state index contributed by atoms with van der Waals surface area (Å²) >= 11 is 0. The lowest BCUT2D eigenvalue weighted by atomic mass is 10.3. The fourth-order valence-electron chi connectivity index (χ4n) is 2.45. The average molecular weight is 288 g/mol. The van der Waals surface area contributed by atoms with E-state index in [-0.39, 0.29) is 24.1 Å². The van der Waals surface area contributed by atoms with Crippen LogP contribution in [0.25, 0.3) is 0 Å². The molecule has 0 saturated carbocycles. The van der Waals surface area contributed by atoms with E-state index in [1.807, 2.05) is 0 Å². The van der Waals surface area contributed by atoms with E-state index in [9.17, 15) is 9.59 Å². The van der Waals surface area contributed by atoms with Gasteiger partial charge in [0.1, 0.15) is 6.54 Å². The molecule has 1 amide bonds. The molecule has 3 heterocycles. The average Bonchev–Trinajstić information content (AvgIpc) is 3.10. The van der Waals surface area contributed by atoms with Gasteiger partial charge < -0.3 is 4.90 Å². The van der Waals surface area contributed by atoms with Gasteiger partial charge in [0.2, 0.25) is 5.91 Å². The summed E-state index contributed by atoms with van der Waals surface area (Å²) in [6.45, 7) is 2.99. The molecule has 8 nitrogen and oxygen atoms in total. The Morgan fingerprint density at radius 3 is 2.86 bits per heavy atom. The molecule has 110 valence electrons. The highest BCUT2D eigenvalue weighted by atomic mass is 16.2. The van der Waals surface area contributed by atoms with Crippen molar-refractivity contribution in [2.75, 3.05) is 13.1 Å². The van der Waals surface area contributed by atoms with E-state index >= 15 is 0 Å². The number of carbonyl (C=O) groups is 1. The molecule has 0 unspecified atom stereocenters. The van der Waals surface area contributed by atoms with E-state index in [1.54, 1.807) is 29.0 Å². The fourth-order valence-corrected chi connectivity index (χ4v) is 2.45. The maximum Gasteiger partial charge on any atom is 0.253 e. The Bertz CT molecular complexity index is 693. The van der Waals surface area contributed by atoms with Crippen LogP contribution in [-0.2, 0) is 11.3 Å². The van der Waals surface area contributed by atoms with Gasteiger partial charge in [0.05, 0.1) is 24.8 Å². The van der Waals surface area contributed by atoms with Crippen molar-refractivity contribution in [3.63, 3.8) is 0 Å². The number of likely N-dealkylation sites (tertiary alicyclic amines) is 1.